The highest BCUT2D eigenvalue weighted by molar-refractivity contribution is 7.64. The lowest BCUT2D eigenvalue weighted by Gasteiger charge is -2.11. The minimum absolute atomic E-state index is 0.319. The van der Waals surface area contributed by atoms with Gasteiger partial charge in [0.2, 0.25) is 5.52 Å². The van der Waals surface area contributed by atoms with Crippen molar-refractivity contribution >= 4 is 13.3 Å². The van der Waals surface area contributed by atoms with Crippen molar-refractivity contribution < 1.29 is 18.8 Å². The lowest BCUT2D eigenvalue weighted by Crippen LogP contribution is -2.03. The van der Waals surface area contributed by atoms with Crippen molar-refractivity contribution in [2.24, 2.45) is 5.92 Å². The minimum atomic E-state index is -2.35. The maximum atomic E-state index is 12.7. The number of ether oxygens (including phenoxy) is 2. The maximum absolute atomic E-state index is 12.7. The van der Waals surface area contributed by atoms with E-state index in [2.05, 4.69) is 0 Å². The third-order valence-electron chi connectivity index (χ3n) is 6.65. The quantitative estimate of drug-likeness (QED) is 0.179. The summed E-state index contributed by atoms with van der Waals surface area (Å²) in [5, 5.41) is 0. The van der Waals surface area contributed by atoms with Crippen LogP contribution in [0.3, 0.4) is 0 Å². The molecule has 0 N–H and O–H groups in total. The fourth-order valence-electron chi connectivity index (χ4n) is 4.76. The molecule has 31 heavy (non-hydrogen) atoms. The van der Waals surface area contributed by atoms with Gasteiger partial charge in [-0.1, -0.05) is 96.0 Å². The summed E-state index contributed by atoms with van der Waals surface area (Å²) in [6.07, 6.45) is 20.4. The van der Waals surface area contributed by atoms with Gasteiger partial charge < -0.3 is 14.0 Å². The Morgan fingerprint density at radius 1 is 0.839 bits per heavy atom. The van der Waals surface area contributed by atoms with Gasteiger partial charge in [0.25, 0.3) is 0 Å². The lowest BCUT2D eigenvalue weighted by atomic mass is 9.99. The highest BCUT2D eigenvalue weighted by Crippen LogP contribution is 2.38. The van der Waals surface area contributed by atoms with Gasteiger partial charge in [0.15, 0.2) is 0 Å². The molecule has 0 spiro atoms. The Morgan fingerprint density at radius 2 is 1.32 bits per heavy atom. The molecule has 2 rings (SSSR count). The van der Waals surface area contributed by atoms with Crippen molar-refractivity contribution in [2.45, 2.75) is 96.3 Å². The molecule has 1 saturated carbocycles. The van der Waals surface area contributed by atoms with Gasteiger partial charge in [-0.2, -0.15) is 0 Å². The van der Waals surface area contributed by atoms with Gasteiger partial charge in [-0.3, -0.25) is 4.79 Å². The van der Waals surface area contributed by atoms with Crippen molar-refractivity contribution in [1.82, 2.24) is 0 Å². The highest BCUT2D eigenvalue weighted by atomic mass is 31.1. The molecule has 1 aromatic rings. The van der Waals surface area contributed by atoms with Crippen LogP contribution < -0.4 is 9.47 Å². The molecule has 1 aliphatic rings. The minimum Gasteiger partial charge on any atom is -0.496 e. The van der Waals surface area contributed by atoms with Gasteiger partial charge in [0.1, 0.15) is 24.9 Å². The lowest BCUT2D eigenvalue weighted by molar-refractivity contribution is 0.107. The summed E-state index contributed by atoms with van der Waals surface area (Å²) in [4.78, 5) is 12.7. The van der Waals surface area contributed by atoms with E-state index in [0.717, 1.165) is 18.8 Å². The molecule has 4 nitrogen and oxygen atoms in total. The fourth-order valence-corrected chi connectivity index (χ4v) is 6.08. The van der Waals surface area contributed by atoms with E-state index in [1.165, 1.54) is 97.7 Å². The Labute approximate surface area is 190 Å². The normalized spacial score (nSPS) is 15.2. The van der Waals surface area contributed by atoms with Crippen molar-refractivity contribution in [2.75, 3.05) is 20.4 Å². The molecule has 0 aromatic heterocycles. The van der Waals surface area contributed by atoms with Crippen LogP contribution in [-0.2, 0) is 4.57 Å². The van der Waals surface area contributed by atoms with Gasteiger partial charge in [-0.15, -0.1) is 0 Å². The zero-order chi connectivity index (χ0) is 22.3. The molecule has 1 aliphatic carbocycles. The van der Waals surface area contributed by atoms with Gasteiger partial charge in [0.05, 0.1) is 14.2 Å². The number of hydrogen-bond donors (Lipinski definition) is 0. The van der Waals surface area contributed by atoms with E-state index in [1.54, 1.807) is 18.2 Å². The van der Waals surface area contributed by atoms with Crippen LogP contribution >= 0.6 is 7.80 Å². The largest absolute Gasteiger partial charge is 0.496 e. The topological polar surface area (TPSA) is 52.6 Å². The Kier molecular flexibility index (Phi) is 13.0. The Hall–Kier alpha value is -1.28. The number of carbonyl (C=O) groups is 1. The standard InChI is InChI=1S/C26H43O4P/c1-29-23-19-15-20-24(30-2)25(23)26(27)31(28)21-14-10-8-6-4-3-5-7-9-11-16-22-17-12-13-18-22/h15,19-20,22,31H,3-14,16-18,21H2,1-2H3. The molecular formula is C26H43O4P. The van der Waals surface area contributed by atoms with E-state index in [0.29, 0.717) is 23.2 Å². The smallest absolute Gasteiger partial charge is 0.225 e. The van der Waals surface area contributed by atoms with E-state index in [-0.39, 0.29) is 5.52 Å². The molecule has 0 saturated heterocycles. The molecular weight excluding hydrogens is 407 g/mol. The summed E-state index contributed by atoms with van der Waals surface area (Å²) in [5.74, 6) is 1.91. The third kappa shape index (κ3) is 9.39. The Bertz CT molecular complexity index is 645. The van der Waals surface area contributed by atoms with Crippen LogP contribution in [0, 0.1) is 5.92 Å². The van der Waals surface area contributed by atoms with Gasteiger partial charge in [-0.05, 0) is 24.5 Å². The summed E-state index contributed by atoms with van der Waals surface area (Å²) in [7, 11) is 0.678. The van der Waals surface area contributed by atoms with Crippen LogP contribution in [0.4, 0.5) is 0 Å². The van der Waals surface area contributed by atoms with E-state index < -0.39 is 7.80 Å². The first-order chi connectivity index (χ1) is 15.2. The summed E-state index contributed by atoms with van der Waals surface area (Å²) >= 11 is 0. The number of benzene rings is 1. The fraction of sp³-hybridized carbons (Fsp3) is 0.731. The summed E-state index contributed by atoms with van der Waals surface area (Å²) in [6.45, 7) is 0. The van der Waals surface area contributed by atoms with Crippen LogP contribution in [0.15, 0.2) is 18.2 Å². The molecule has 0 bridgehead atoms. The van der Waals surface area contributed by atoms with Crippen molar-refractivity contribution in [3.8, 4) is 11.5 Å². The second-order valence-corrected chi connectivity index (χ2v) is 10.8. The summed E-state index contributed by atoms with van der Waals surface area (Å²) in [6, 6.07) is 5.18. The molecule has 0 heterocycles. The molecule has 1 atom stereocenters. The number of carbonyl (C=O) groups excluding carboxylic acids is 1. The molecule has 5 heteroatoms. The van der Waals surface area contributed by atoms with Gasteiger partial charge in [0, 0.05) is 6.16 Å². The van der Waals surface area contributed by atoms with Crippen molar-refractivity contribution in [3.63, 3.8) is 0 Å². The number of methoxy groups -OCH3 is 2. The average molecular weight is 451 g/mol. The Balaban J connectivity index is 1.49. The molecule has 1 aromatic carbocycles. The van der Waals surface area contributed by atoms with Crippen LogP contribution in [0.2, 0.25) is 0 Å². The molecule has 1 fully saturated rings. The number of rotatable bonds is 17. The molecule has 0 amide bonds. The summed E-state index contributed by atoms with van der Waals surface area (Å²) < 4.78 is 23.1. The first-order valence-corrected chi connectivity index (χ1v) is 14.1. The predicted octanol–water partition coefficient (Wildman–Crippen LogP) is 7.89. The molecule has 0 radical (unpaired) electrons. The van der Waals surface area contributed by atoms with E-state index in [4.69, 9.17) is 9.47 Å². The van der Waals surface area contributed by atoms with Crippen molar-refractivity contribution in [3.05, 3.63) is 23.8 Å². The monoisotopic (exact) mass is 450 g/mol. The third-order valence-corrected chi connectivity index (χ3v) is 8.21. The van der Waals surface area contributed by atoms with Crippen LogP contribution in [0.5, 0.6) is 11.5 Å². The molecule has 0 aliphatic heterocycles. The molecule has 1 unspecified atom stereocenters. The van der Waals surface area contributed by atoms with E-state index in [9.17, 15) is 9.36 Å². The first-order valence-electron chi connectivity index (χ1n) is 12.5. The second kappa shape index (κ2) is 15.5. The van der Waals surface area contributed by atoms with Crippen LogP contribution in [0.25, 0.3) is 0 Å². The molecule has 176 valence electrons. The average Bonchev–Trinajstić information content (AvgIpc) is 3.32. The maximum Gasteiger partial charge on any atom is 0.225 e. The van der Waals surface area contributed by atoms with Gasteiger partial charge >= 0.3 is 0 Å². The predicted molar refractivity (Wildman–Crippen MR) is 130 cm³/mol. The number of unbranched alkanes of at least 4 members (excludes halogenated alkanes) is 9. The van der Waals surface area contributed by atoms with Crippen LogP contribution in [0.1, 0.15) is 107 Å². The number of hydrogen-bond acceptors (Lipinski definition) is 4. The van der Waals surface area contributed by atoms with Crippen molar-refractivity contribution in [1.29, 1.82) is 0 Å². The SMILES string of the molecule is COc1cccc(OC)c1C(=O)[PH](=O)CCCCCCCCCCCCC1CCCC1. The zero-order valence-corrected chi connectivity index (χ0v) is 20.8. The van der Waals surface area contributed by atoms with E-state index >= 15 is 0 Å². The van der Waals surface area contributed by atoms with Gasteiger partial charge in [-0.25, -0.2) is 0 Å². The zero-order valence-electron chi connectivity index (χ0n) is 19.8. The first kappa shape index (κ1) is 26.0. The highest BCUT2D eigenvalue weighted by Gasteiger charge is 2.22. The Morgan fingerprint density at radius 3 is 1.84 bits per heavy atom. The van der Waals surface area contributed by atoms with E-state index in [1.807, 2.05) is 0 Å². The second-order valence-electron chi connectivity index (χ2n) is 9.01. The van der Waals surface area contributed by atoms with Crippen LogP contribution in [-0.4, -0.2) is 25.9 Å². The summed E-state index contributed by atoms with van der Waals surface area (Å²) in [5.41, 5.74) is -0.00753.